The van der Waals surface area contributed by atoms with E-state index in [-0.39, 0.29) is 17.7 Å². The number of nitrogens with one attached hydrogen (secondary N) is 1. The van der Waals surface area contributed by atoms with E-state index in [1.807, 2.05) is 0 Å². The fourth-order valence-electron chi connectivity index (χ4n) is 1.72. The number of aliphatic hydroxyl groups is 2. The Balaban J connectivity index is 0. The van der Waals surface area contributed by atoms with E-state index >= 15 is 0 Å². The Bertz CT molecular complexity index is 489. The van der Waals surface area contributed by atoms with Crippen molar-refractivity contribution in [2.45, 2.75) is 51.7 Å². The lowest BCUT2D eigenvalue weighted by atomic mass is 9.98. The number of rotatable bonds is 10. The zero-order chi connectivity index (χ0) is 19.8. The minimum absolute atomic E-state index is 0.115. The summed E-state index contributed by atoms with van der Waals surface area (Å²) in [4.78, 5) is 21.4. The van der Waals surface area contributed by atoms with Crippen LogP contribution in [0.5, 0.6) is 0 Å². The van der Waals surface area contributed by atoms with Crippen LogP contribution in [0.2, 0.25) is 0 Å². The summed E-state index contributed by atoms with van der Waals surface area (Å²) >= 11 is 0. The van der Waals surface area contributed by atoms with Crippen LogP contribution in [0, 0.1) is 36.5 Å². The van der Waals surface area contributed by atoms with E-state index in [9.17, 15) is 14.7 Å². The van der Waals surface area contributed by atoms with E-state index in [1.54, 1.807) is 19.9 Å². The molecular formula is C19H29NO5. The maximum absolute atomic E-state index is 11.2. The van der Waals surface area contributed by atoms with Crippen molar-refractivity contribution in [3.8, 4) is 24.7 Å². The Kier molecular flexibility index (Phi) is 15.2. The minimum atomic E-state index is -1.29. The SMILES string of the molecule is C#CCC[C@H](C)[C@@H](O)C(=O)O.C#CCC[C@H](C)[C@H](O)C(=O)NCC=C. The van der Waals surface area contributed by atoms with Crippen molar-refractivity contribution in [3.63, 3.8) is 0 Å². The maximum Gasteiger partial charge on any atom is 0.332 e. The van der Waals surface area contributed by atoms with Gasteiger partial charge in [-0.3, -0.25) is 4.79 Å². The number of carbonyl (C=O) groups is 2. The summed E-state index contributed by atoms with van der Waals surface area (Å²) < 4.78 is 0. The fraction of sp³-hybridized carbons (Fsp3) is 0.579. The van der Waals surface area contributed by atoms with Gasteiger partial charge in [-0.05, 0) is 24.7 Å². The van der Waals surface area contributed by atoms with Gasteiger partial charge >= 0.3 is 5.97 Å². The van der Waals surface area contributed by atoms with Crippen LogP contribution in [0.4, 0.5) is 0 Å². The van der Waals surface area contributed by atoms with Gasteiger partial charge in [0.2, 0.25) is 5.91 Å². The number of carbonyl (C=O) groups excluding carboxylic acids is 1. The molecule has 0 saturated heterocycles. The number of terminal acetylenes is 2. The summed E-state index contributed by atoms with van der Waals surface area (Å²) in [5.41, 5.74) is 0. The highest BCUT2D eigenvalue weighted by Gasteiger charge is 2.21. The number of carboxylic acids is 1. The summed E-state index contributed by atoms with van der Waals surface area (Å²) in [6.07, 6.45) is 11.6. The van der Waals surface area contributed by atoms with Crippen molar-refractivity contribution in [3.05, 3.63) is 12.7 Å². The first kappa shape index (κ1) is 25.0. The second kappa shape index (κ2) is 15.3. The zero-order valence-electron chi connectivity index (χ0n) is 14.9. The average molecular weight is 351 g/mol. The number of hydrogen-bond acceptors (Lipinski definition) is 4. The molecule has 0 saturated carbocycles. The Morgan fingerprint density at radius 1 is 1.08 bits per heavy atom. The Morgan fingerprint density at radius 2 is 1.52 bits per heavy atom. The van der Waals surface area contributed by atoms with Crippen LogP contribution in [0.3, 0.4) is 0 Å². The molecule has 0 aromatic heterocycles. The molecule has 1 amide bonds. The van der Waals surface area contributed by atoms with Crippen molar-refractivity contribution in [2.75, 3.05) is 6.54 Å². The first-order chi connectivity index (χ1) is 11.7. The zero-order valence-corrected chi connectivity index (χ0v) is 14.9. The van der Waals surface area contributed by atoms with Crippen LogP contribution in [-0.4, -0.2) is 45.9 Å². The standard InChI is InChI=1S/C11H17NO2.C8H12O3/c1-4-6-7-9(3)10(13)11(14)12-8-5-2;1-3-4-5-6(2)7(9)8(10)11/h1,5,9-10,13H,2,6-8H2,3H3,(H,12,14);1,6-7,9H,4-5H2,2H3,(H,10,11)/t9-,10-;6-,7+/m00/s1. The molecule has 0 aliphatic rings. The molecule has 0 aliphatic heterocycles. The maximum atomic E-state index is 11.2. The summed E-state index contributed by atoms with van der Waals surface area (Å²) in [5.74, 6) is 2.92. The highest BCUT2D eigenvalue weighted by Crippen LogP contribution is 2.10. The number of carboxylic acid groups (broad SMARTS) is 1. The highest BCUT2D eigenvalue weighted by molar-refractivity contribution is 5.80. The largest absolute Gasteiger partial charge is 0.479 e. The molecule has 6 heteroatoms. The monoisotopic (exact) mass is 351 g/mol. The molecule has 0 spiro atoms. The van der Waals surface area contributed by atoms with Gasteiger partial charge in [-0.1, -0.05) is 19.9 Å². The smallest absolute Gasteiger partial charge is 0.332 e. The quantitative estimate of drug-likeness (QED) is 0.349. The minimum Gasteiger partial charge on any atom is -0.479 e. The van der Waals surface area contributed by atoms with Crippen LogP contribution in [-0.2, 0) is 9.59 Å². The molecule has 25 heavy (non-hydrogen) atoms. The van der Waals surface area contributed by atoms with Gasteiger partial charge in [0.15, 0.2) is 6.10 Å². The molecule has 4 atom stereocenters. The van der Waals surface area contributed by atoms with E-state index in [0.29, 0.717) is 32.2 Å². The van der Waals surface area contributed by atoms with Crippen LogP contribution in [0.1, 0.15) is 39.5 Å². The van der Waals surface area contributed by atoms with Crippen molar-refractivity contribution in [1.82, 2.24) is 5.32 Å². The van der Waals surface area contributed by atoms with Gasteiger partial charge in [0, 0.05) is 19.4 Å². The molecule has 0 aliphatic carbocycles. The first-order valence-corrected chi connectivity index (χ1v) is 8.07. The van der Waals surface area contributed by atoms with Gasteiger partial charge in [0.1, 0.15) is 6.10 Å². The second-order valence-corrected chi connectivity index (χ2v) is 5.70. The predicted octanol–water partition coefficient (Wildman–Crippen LogP) is 1.18. The third kappa shape index (κ3) is 12.8. The molecule has 0 bridgehead atoms. The normalized spacial score (nSPS) is 14.3. The summed E-state index contributed by atoms with van der Waals surface area (Å²) in [6, 6.07) is 0. The number of amides is 1. The highest BCUT2D eigenvalue weighted by atomic mass is 16.4. The van der Waals surface area contributed by atoms with Crippen molar-refractivity contribution in [2.24, 2.45) is 11.8 Å². The summed E-state index contributed by atoms with van der Waals surface area (Å²) in [7, 11) is 0. The predicted molar refractivity (Wildman–Crippen MR) is 97.3 cm³/mol. The third-order valence-electron chi connectivity index (χ3n) is 3.51. The van der Waals surface area contributed by atoms with E-state index in [0.717, 1.165) is 0 Å². The van der Waals surface area contributed by atoms with Crippen LogP contribution in [0.15, 0.2) is 12.7 Å². The van der Waals surface area contributed by atoms with Gasteiger partial charge in [0.05, 0.1) is 0 Å². The molecule has 4 N–H and O–H groups in total. The molecule has 0 heterocycles. The molecular weight excluding hydrogens is 322 g/mol. The fourth-order valence-corrected chi connectivity index (χ4v) is 1.72. The van der Waals surface area contributed by atoms with E-state index < -0.39 is 18.2 Å². The van der Waals surface area contributed by atoms with Crippen LogP contribution >= 0.6 is 0 Å². The number of aliphatic carboxylic acids is 1. The Labute approximate surface area is 150 Å². The van der Waals surface area contributed by atoms with Gasteiger partial charge < -0.3 is 20.6 Å². The lowest BCUT2D eigenvalue weighted by Gasteiger charge is -2.16. The molecule has 0 rings (SSSR count). The molecule has 0 aromatic rings. The molecule has 6 nitrogen and oxygen atoms in total. The Morgan fingerprint density at radius 3 is 1.88 bits per heavy atom. The molecule has 0 aromatic carbocycles. The first-order valence-electron chi connectivity index (χ1n) is 8.07. The summed E-state index contributed by atoms with van der Waals surface area (Å²) in [5, 5.41) is 29.4. The molecule has 0 radical (unpaired) electrons. The third-order valence-corrected chi connectivity index (χ3v) is 3.51. The van der Waals surface area contributed by atoms with Gasteiger partial charge in [-0.15, -0.1) is 31.3 Å². The average Bonchev–Trinajstić information content (AvgIpc) is 2.60. The van der Waals surface area contributed by atoms with Gasteiger partial charge in [0.25, 0.3) is 0 Å². The number of hydrogen-bond donors (Lipinski definition) is 4. The van der Waals surface area contributed by atoms with Crippen LogP contribution in [0.25, 0.3) is 0 Å². The second-order valence-electron chi connectivity index (χ2n) is 5.70. The molecule has 0 fully saturated rings. The lowest BCUT2D eigenvalue weighted by Crippen LogP contribution is -2.38. The number of aliphatic hydroxyl groups excluding tert-OH is 2. The topological polar surface area (TPSA) is 107 Å². The molecule has 0 unspecified atom stereocenters. The van der Waals surface area contributed by atoms with Crippen molar-refractivity contribution in [1.29, 1.82) is 0 Å². The van der Waals surface area contributed by atoms with Crippen molar-refractivity contribution >= 4 is 11.9 Å². The molecule has 140 valence electrons. The van der Waals surface area contributed by atoms with Gasteiger partial charge in [-0.25, -0.2) is 4.79 Å². The lowest BCUT2D eigenvalue weighted by molar-refractivity contribution is -0.149. The van der Waals surface area contributed by atoms with Crippen LogP contribution < -0.4 is 5.32 Å². The van der Waals surface area contributed by atoms with Crippen molar-refractivity contribution < 1.29 is 24.9 Å². The Hall–Kier alpha value is -2.28. The van der Waals surface area contributed by atoms with E-state index in [4.69, 9.17) is 23.1 Å². The van der Waals surface area contributed by atoms with E-state index in [1.165, 1.54) is 0 Å². The van der Waals surface area contributed by atoms with Gasteiger partial charge in [-0.2, -0.15) is 0 Å². The van der Waals surface area contributed by atoms with E-state index in [2.05, 4.69) is 23.7 Å². The summed E-state index contributed by atoms with van der Waals surface area (Å²) in [6.45, 7) is 7.30.